The highest BCUT2D eigenvalue weighted by Crippen LogP contribution is 2.26. The van der Waals surface area contributed by atoms with Crippen molar-refractivity contribution < 1.29 is 14.3 Å². The molecule has 0 spiro atoms. The smallest absolute Gasteiger partial charge is 0.306 e. The van der Waals surface area contributed by atoms with Gasteiger partial charge in [-0.2, -0.15) is 0 Å². The number of hydrogen-bond acceptors (Lipinski definition) is 6. The summed E-state index contributed by atoms with van der Waals surface area (Å²) in [6.07, 6.45) is 1.27. The van der Waals surface area contributed by atoms with Crippen molar-refractivity contribution in [1.82, 2.24) is 9.97 Å². The molecule has 2 saturated heterocycles. The molecule has 0 radical (unpaired) electrons. The highest BCUT2D eigenvalue weighted by molar-refractivity contribution is 5.70. The van der Waals surface area contributed by atoms with E-state index >= 15 is 0 Å². The minimum Gasteiger partial charge on any atom is -0.481 e. The number of benzene rings is 1. The summed E-state index contributed by atoms with van der Waals surface area (Å²) in [5.74, 6) is 1.27. The van der Waals surface area contributed by atoms with E-state index in [0.717, 1.165) is 37.8 Å². The average Bonchev–Trinajstić information content (AvgIpc) is 2.74. The Morgan fingerprint density at radius 2 is 1.52 bits per heavy atom. The minimum absolute atomic E-state index is 0.189. The molecule has 7 nitrogen and oxygen atoms in total. The maximum atomic E-state index is 14.1. The zero-order valence-electron chi connectivity index (χ0n) is 16.6. The highest BCUT2D eigenvalue weighted by Gasteiger charge is 2.26. The summed E-state index contributed by atoms with van der Waals surface area (Å²) in [5.41, 5.74) is 0.646. The lowest BCUT2D eigenvalue weighted by Gasteiger charge is -2.37. The molecule has 1 aromatic carbocycles. The van der Waals surface area contributed by atoms with Gasteiger partial charge in [-0.15, -0.1) is 0 Å². The highest BCUT2D eigenvalue weighted by atomic mass is 19.1. The Hall–Kier alpha value is -2.90. The van der Waals surface area contributed by atoms with E-state index < -0.39 is 5.97 Å². The Morgan fingerprint density at radius 1 is 0.966 bits per heavy atom. The van der Waals surface area contributed by atoms with Crippen LogP contribution in [0.1, 0.15) is 18.7 Å². The van der Waals surface area contributed by atoms with E-state index in [-0.39, 0.29) is 11.7 Å². The summed E-state index contributed by atoms with van der Waals surface area (Å²) < 4.78 is 14.1. The van der Waals surface area contributed by atoms with E-state index in [1.54, 1.807) is 6.07 Å². The molecular weight excluding hydrogens is 373 g/mol. The zero-order chi connectivity index (χ0) is 20.4. The second-order valence-electron chi connectivity index (χ2n) is 7.66. The number of aliphatic carboxylic acids is 1. The van der Waals surface area contributed by atoms with Crippen molar-refractivity contribution in [3.63, 3.8) is 0 Å². The van der Waals surface area contributed by atoms with Crippen LogP contribution in [0, 0.1) is 18.7 Å². The van der Waals surface area contributed by atoms with Gasteiger partial charge in [-0.25, -0.2) is 14.4 Å². The SMILES string of the molecule is Cc1nc(N2CCC(C(=O)O)CC2)cc(N2CCN(c3ccccc3F)CC2)n1. The van der Waals surface area contributed by atoms with E-state index in [0.29, 0.717) is 37.4 Å². The third-order valence-electron chi connectivity index (χ3n) is 5.78. The Labute approximate surface area is 169 Å². The lowest BCUT2D eigenvalue weighted by molar-refractivity contribution is -0.142. The number of aromatic nitrogens is 2. The number of anilines is 3. The van der Waals surface area contributed by atoms with Gasteiger partial charge in [0.25, 0.3) is 0 Å². The molecule has 2 aromatic rings. The Bertz CT molecular complexity index is 877. The minimum atomic E-state index is -0.711. The molecule has 0 unspecified atom stereocenters. The number of carboxylic acid groups (broad SMARTS) is 1. The van der Waals surface area contributed by atoms with Crippen LogP contribution in [-0.2, 0) is 4.79 Å². The van der Waals surface area contributed by atoms with Crippen molar-refractivity contribution in [2.45, 2.75) is 19.8 Å². The summed E-state index contributed by atoms with van der Waals surface area (Å²) in [5, 5.41) is 9.20. The van der Waals surface area contributed by atoms with Gasteiger partial charge in [0.15, 0.2) is 0 Å². The summed E-state index contributed by atoms with van der Waals surface area (Å²) in [4.78, 5) is 26.8. The fraction of sp³-hybridized carbons (Fsp3) is 0.476. The fourth-order valence-corrected chi connectivity index (χ4v) is 4.10. The average molecular weight is 399 g/mol. The first-order chi connectivity index (χ1) is 14.0. The monoisotopic (exact) mass is 399 g/mol. The number of piperidine rings is 1. The molecule has 4 rings (SSSR count). The van der Waals surface area contributed by atoms with Crippen LogP contribution in [0.15, 0.2) is 30.3 Å². The van der Waals surface area contributed by atoms with E-state index in [9.17, 15) is 14.3 Å². The molecule has 2 aliphatic rings. The van der Waals surface area contributed by atoms with Crippen molar-refractivity contribution in [2.75, 3.05) is 54.0 Å². The maximum Gasteiger partial charge on any atom is 0.306 e. The Morgan fingerprint density at radius 3 is 2.10 bits per heavy atom. The summed E-state index contributed by atoms with van der Waals surface area (Å²) in [6, 6.07) is 8.87. The van der Waals surface area contributed by atoms with Crippen LogP contribution in [0.5, 0.6) is 0 Å². The predicted octanol–water partition coefficient (Wildman–Crippen LogP) is 2.55. The van der Waals surface area contributed by atoms with Crippen LogP contribution in [0.4, 0.5) is 21.7 Å². The van der Waals surface area contributed by atoms with Crippen LogP contribution >= 0.6 is 0 Å². The van der Waals surface area contributed by atoms with Crippen LogP contribution in [-0.4, -0.2) is 60.3 Å². The molecule has 0 amide bonds. The molecule has 8 heteroatoms. The number of halogens is 1. The summed E-state index contributed by atoms with van der Waals surface area (Å²) in [6.45, 7) is 6.22. The van der Waals surface area contributed by atoms with E-state index in [2.05, 4.69) is 24.7 Å². The number of nitrogens with zero attached hydrogens (tertiary/aromatic N) is 5. The number of para-hydroxylation sites is 1. The topological polar surface area (TPSA) is 72.8 Å². The standard InChI is InChI=1S/C21H26FN5O2/c1-15-23-19(26-8-6-16(7-9-26)21(28)29)14-20(24-15)27-12-10-25(11-13-27)18-5-3-2-4-17(18)22/h2-5,14,16H,6-13H2,1H3,(H,28,29). The number of carboxylic acids is 1. The van der Waals surface area contributed by atoms with Gasteiger partial charge in [0, 0.05) is 45.3 Å². The third kappa shape index (κ3) is 4.26. The molecule has 1 aromatic heterocycles. The largest absolute Gasteiger partial charge is 0.481 e. The molecule has 154 valence electrons. The lowest BCUT2D eigenvalue weighted by atomic mass is 9.97. The van der Waals surface area contributed by atoms with Gasteiger partial charge in [0.05, 0.1) is 11.6 Å². The first-order valence-corrected chi connectivity index (χ1v) is 10.1. The predicted molar refractivity (Wildman–Crippen MR) is 110 cm³/mol. The fourth-order valence-electron chi connectivity index (χ4n) is 4.10. The number of carbonyl (C=O) groups is 1. The second kappa shape index (κ2) is 8.23. The third-order valence-corrected chi connectivity index (χ3v) is 5.78. The van der Waals surface area contributed by atoms with Gasteiger partial charge < -0.3 is 19.8 Å². The number of aryl methyl sites for hydroxylation is 1. The molecule has 3 heterocycles. The van der Waals surface area contributed by atoms with Crippen LogP contribution < -0.4 is 14.7 Å². The molecule has 0 aliphatic carbocycles. The van der Waals surface area contributed by atoms with Gasteiger partial charge in [0.2, 0.25) is 0 Å². The van der Waals surface area contributed by atoms with Crippen molar-refractivity contribution >= 4 is 23.3 Å². The van der Waals surface area contributed by atoms with E-state index in [1.807, 2.05) is 25.1 Å². The maximum absolute atomic E-state index is 14.1. The van der Waals surface area contributed by atoms with Crippen molar-refractivity contribution in [3.8, 4) is 0 Å². The molecule has 0 bridgehead atoms. The first-order valence-electron chi connectivity index (χ1n) is 10.1. The number of piperazine rings is 1. The van der Waals surface area contributed by atoms with Crippen LogP contribution in [0.3, 0.4) is 0 Å². The molecule has 2 aliphatic heterocycles. The Balaban J connectivity index is 1.44. The lowest BCUT2D eigenvalue weighted by Crippen LogP contribution is -2.47. The molecule has 2 fully saturated rings. The first kappa shape index (κ1) is 19.4. The van der Waals surface area contributed by atoms with Crippen LogP contribution in [0.2, 0.25) is 0 Å². The molecule has 0 saturated carbocycles. The Kier molecular flexibility index (Phi) is 5.51. The van der Waals surface area contributed by atoms with Crippen molar-refractivity contribution in [1.29, 1.82) is 0 Å². The van der Waals surface area contributed by atoms with E-state index in [4.69, 9.17) is 0 Å². The number of rotatable bonds is 4. The van der Waals surface area contributed by atoms with Gasteiger partial charge in [-0.05, 0) is 31.9 Å². The quantitative estimate of drug-likeness (QED) is 0.847. The van der Waals surface area contributed by atoms with Gasteiger partial charge in [-0.1, -0.05) is 12.1 Å². The molecular formula is C21H26FN5O2. The second-order valence-corrected chi connectivity index (χ2v) is 7.66. The van der Waals surface area contributed by atoms with Crippen LogP contribution in [0.25, 0.3) is 0 Å². The summed E-state index contributed by atoms with van der Waals surface area (Å²) >= 11 is 0. The zero-order valence-corrected chi connectivity index (χ0v) is 16.6. The summed E-state index contributed by atoms with van der Waals surface area (Å²) in [7, 11) is 0. The van der Waals surface area contributed by atoms with E-state index in [1.165, 1.54) is 6.07 Å². The molecule has 29 heavy (non-hydrogen) atoms. The van der Waals surface area contributed by atoms with Gasteiger partial charge in [-0.3, -0.25) is 4.79 Å². The normalized spacial score (nSPS) is 18.2. The molecule has 1 N–H and O–H groups in total. The van der Waals surface area contributed by atoms with Crippen molar-refractivity contribution in [3.05, 3.63) is 42.0 Å². The van der Waals surface area contributed by atoms with Gasteiger partial charge >= 0.3 is 5.97 Å². The molecule has 0 atom stereocenters. The van der Waals surface area contributed by atoms with Crippen molar-refractivity contribution in [2.24, 2.45) is 5.92 Å². The number of hydrogen-bond donors (Lipinski definition) is 1. The van der Waals surface area contributed by atoms with Gasteiger partial charge in [0.1, 0.15) is 23.3 Å².